The number of rotatable bonds is 5. The van der Waals surface area contributed by atoms with Gasteiger partial charge in [0.15, 0.2) is 0 Å². The number of benzene rings is 1. The summed E-state index contributed by atoms with van der Waals surface area (Å²) in [5, 5.41) is 10.1. The van der Waals surface area contributed by atoms with Gasteiger partial charge in [-0.1, -0.05) is 38.2 Å². The van der Waals surface area contributed by atoms with Gasteiger partial charge in [0.05, 0.1) is 6.10 Å². The second-order valence-electron chi connectivity index (χ2n) is 6.01. The van der Waals surface area contributed by atoms with Gasteiger partial charge < -0.3 is 5.11 Å². The standard InChI is InChI=1S/C17H25FO/c1-13-11-16(18)9-8-15(13)12-17(19)10-7-14-5-3-2-4-6-14/h8-9,11,14,17,19H,2-7,10,12H2,1H3. The smallest absolute Gasteiger partial charge is 0.123 e. The third-order valence-electron chi connectivity index (χ3n) is 4.39. The molecule has 1 aliphatic rings. The van der Waals surface area contributed by atoms with Gasteiger partial charge in [-0.2, -0.15) is 0 Å². The maximum Gasteiger partial charge on any atom is 0.123 e. The van der Waals surface area contributed by atoms with Crippen LogP contribution in [0.5, 0.6) is 0 Å². The fourth-order valence-corrected chi connectivity index (χ4v) is 3.15. The van der Waals surface area contributed by atoms with Crippen molar-refractivity contribution in [2.24, 2.45) is 5.92 Å². The van der Waals surface area contributed by atoms with Crippen LogP contribution in [-0.2, 0) is 6.42 Å². The molecule has 1 aromatic carbocycles. The molecule has 1 nitrogen and oxygen atoms in total. The highest BCUT2D eigenvalue weighted by Gasteiger charge is 2.15. The van der Waals surface area contributed by atoms with E-state index in [-0.39, 0.29) is 11.9 Å². The van der Waals surface area contributed by atoms with Gasteiger partial charge in [0, 0.05) is 0 Å². The summed E-state index contributed by atoms with van der Waals surface area (Å²) in [6, 6.07) is 4.83. The van der Waals surface area contributed by atoms with Crippen LogP contribution in [0, 0.1) is 18.7 Å². The topological polar surface area (TPSA) is 20.2 Å². The normalized spacial score (nSPS) is 18.5. The molecule has 2 heteroatoms. The first-order valence-electron chi connectivity index (χ1n) is 7.58. The van der Waals surface area contributed by atoms with E-state index in [1.165, 1.54) is 38.2 Å². The van der Waals surface area contributed by atoms with Gasteiger partial charge in [-0.05, 0) is 55.4 Å². The van der Waals surface area contributed by atoms with E-state index >= 15 is 0 Å². The molecule has 0 heterocycles. The molecule has 0 aromatic heterocycles. The molecule has 0 aliphatic heterocycles. The number of aryl methyl sites for hydroxylation is 1. The predicted octanol–water partition coefficient (Wildman–Crippen LogP) is 4.40. The lowest BCUT2D eigenvalue weighted by Crippen LogP contribution is -2.15. The number of aliphatic hydroxyl groups is 1. The first-order valence-corrected chi connectivity index (χ1v) is 7.58. The molecule has 1 unspecified atom stereocenters. The summed E-state index contributed by atoms with van der Waals surface area (Å²) in [6.45, 7) is 1.91. The first kappa shape index (κ1) is 14.5. The maximum atomic E-state index is 13.0. The lowest BCUT2D eigenvalue weighted by Gasteiger charge is -2.22. The molecule has 1 N–H and O–H groups in total. The Morgan fingerprint density at radius 3 is 2.68 bits per heavy atom. The van der Waals surface area contributed by atoms with E-state index in [4.69, 9.17) is 0 Å². The number of halogens is 1. The van der Waals surface area contributed by atoms with Gasteiger partial charge in [-0.25, -0.2) is 4.39 Å². The minimum absolute atomic E-state index is 0.196. The Morgan fingerprint density at radius 2 is 2.00 bits per heavy atom. The van der Waals surface area contributed by atoms with Crippen LogP contribution >= 0.6 is 0 Å². The molecule has 1 fully saturated rings. The van der Waals surface area contributed by atoms with Crippen molar-refractivity contribution in [1.29, 1.82) is 0 Å². The fourth-order valence-electron chi connectivity index (χ4n) is 3.15. The summed E-state index contributed by atoms with van der Waals surface area (Å²) in [5.41, 5.74) is 2.01. The largest absolute Gasteiger partial charge is 0.393 e. The summed E-state index contributed by atoms with van der Waals surface area (Å²) in [5.74, 6) is 0.621. The molecule has 1 saturated carbocycles. The van der Waals surface area contributed by atoms with E-state index in [2.05, 4.69) is 0 Å². The van der Waals surface area contributed by atoms with E-state index in [1.807, 2.05) is 6.92 Å². The van der Waals surface area contributed by atoms with Crippen molar-refractivity contribution in [3.05, 3.63) is 35.1 Å². The Bertz CT molecular complexity index is 396. The van der Waals surface area contributed by atoms with Crippen LogP contribution in [-0.4, -0.2) is 11.2 Å². The van der Waals surface area contributed by atoms with Crippen LogP contribution in [0.2, 0.25) is 0 Å². The molecule has 0 saturated heterocycles. The highest BCUT2D eigenvalue weighted by Crippen LogP contribution is 2.28. The third kappa shape index (κ3) is 4.61. The molecule has 106 valence electrons. The molecular weight excluding hydrogens is 239 g/mol. The molecular formula is C17H25FO. The van der Waals surface area contributed by atoms with Gasteiger partial charge >= 0.3 is 0 Å². The van der Waals surface area contributed by atoms with Crippen molar-refractivity contribution in [3.8, 4) is 0 Å². The van der Waals surface area contributed by atoms with Crippen LogP contribution in [0.25, 0.3) is 0 Å². The summed E-state index contributed by atoms with van der Waals surface area (Å²) in [7, 11) is 0. The summed E-state index contributed by atoms with van der Waals surface area (Å²) >= 11 is 0. The third-order valence-corrected chi connectivity index (χ3v) is 4.39. The zero-order valence-corrected chi connectivity index (χ0v) is 11.9. The molecule has 0 radical (unpaired) electrons. The molecule has 1 aromatic rings. The van der Waals surface area contributed by atoms with Crippen molar-refractivity contribution < 1.29 is 9.50 Å². The van der Waals surface area contributed by atoms with Crippen LogP contribution < -0.4 is 0 Å². The number of hydrogen-bond acceptors (Lipinski definition) is 1. The Morgan fingerprint density at radius 1 is 1.26 bits per heavy atom. The molecule has 1 atom stereocenters. The second-order valence-corrected chi connectivity index (χ2v) is 6.01. The lowest BCUT2D eigenvalue weighted by molar-refractivity contribution is 0.149. The van der Waals surface area contributed by atoms with Crippen molar-refractivity contribution in [2.45, 2.75) is 64.4 Å². The number of hydrogen-bond donors (Lipinski definition) is 1. The Kier molecular flexibility index (Phi) is 5.38. The summed E-state index contributed by atoms with van der Waals surface area (Å²) in [6.07, 6.45) is 9.15. The molecule has 19 heavy (non-hydrogen) atoms. The summed E-state index contributed by atoms with van der Waals surface area (Å²) < 4.78 is 13.0. The predicted molar refractivity (Wildman–Crippen MR) is 76.7 cm³/mol. The van der Waals surface area contributed by atoms with E-state index in [1.54, 1.807) is 12.1 Å². The van der Waals surface area contributed by atoms with Gasteiger partial charge in [-0.15, -0.1) is 0 Å². The zero-order valence-electron chi connectivity index (χ0n) is 11.9. The van der Waals surface area contributed by atoms with Crippen molar-refractivity contribution >= 4 is 0 Å². The lowest BCUT2D eigenvalue weighted by atomic mass is 9.85. The molecule has 1 aliphatic carbocycles. The van der Waals surface area contributed by atoms with E-state index in [0.29, 0.717) is 6.42 Å². The Labute approximate surface area is 115 Å². The highest BCUT2D eigenvalue weighted by molar-refractivity contribution is 5.27. The Hall–Kier alpha value is -0.890. The SMILES string of the molecule is Cc1cc(F)ccc1CC(O)CCC1CCCCC1. The quantitative estimate of drug-likeness (QED) is 0.835. The number of aliphatic hydroxyl groups excluding tert-OH is 1. The van der Waals surface area contributed by atoms with Crippen molar-refractivity contribution in [1.82, 2.24) is 0 Å². The average Bonchev–Trinajstić information content (AvgIpc) is 2.41. The van der Waals surface area contributed by atoms with Gasteiger partial charge in [0.1, 0.15) is 5.82 Å². The minimum Gasteiger partial charge on any atom is -0.393 e. The molecule has 0 bridgehead atoms. The van der Waals surface area contributed by atoms with Crippen LogP contribution in [0.1, 0.15) is 56.1 Å². The van der Waals surface area contributed by atoms with E-state index < -0.39 is 0 Å². The van der Waals surface area contributed by atoms with Gasteiger partial charge in [-0.3, -0.25) is 0 Å². The van der Waals surface area contributed by atoms with Crippen LogP contribution in [0.15, 0.2) is 18.2 Å². The van der Waals surface area contributed by atoms with Crippen molar-refractivity contribution in [2.75, 3.05) is 0 Å². The van der Waals surface area contributed by atoms with Gasteiger partial charge in [0.2, 0.25) is 0 Å². The summed E-state index contributed by atoms with van der Waals surface area (Å²) in [4.78, 5) is 0. The van der Waals surface area contributed by atoms with Gasteiger partial charge in [0.25, 0.3) is 0 Å². The fraction of sp³-hybridized carbons (Fsp3) is 0.647. The first-order chi connectivity index (χ1) is 9.15. The van der Waals surface area contributed by atoms with Crippen molar-refractivity contribution in [3.63, 3.8) is 0 Å². The highest BCUT2D eigenvalue weighted by atomic mass is 19.1. The Balaban J connectivity index is 1.78. The molecule has 0 amide bonds. The maximum absolute atomic E-state index is 13.0. The molecule has 2 rings (SSSR count). The molecule has 0 spiro atoms. The average molecular weight is 264 g/mol. The van der Waals surface area contributed by atoms with E-state index in [9.17, 15) is 9.50 Å². The monoisotopic (exact) mass is 264 g/mol. The second kappa shape index (κ2) is 7.04. The minimum atomic E-state index is -0.286. The van der Waals surface area contributed by atoms with E-state index in [0.717, 1.165) is 29.9 Å². The van der Waals surface area contributed by atoms with Crippen LogP contribution in [0.3, 0.4) is 0 Å². The van der Waals surface area contributed by atoms with Crippen LogP contribution in [0.4, 0.5) is 4.39 Å². The zero-order chi connectivity index (χ0) is 13.7.